The van der Waals surface area contributed by atoms with Crippen molar-refractivity contribution < 1.29 is 9.59 Å². The highest BCUT2D eigenvalue weighted by atomic mass is 16.2. The van der Waals surface area contributed by atoms with Gasteiger partial charge in [0.15, 0.2) is 0 Å². The predicted molar refractivity (Wildman–Crippen MR) is 88.6 cm³/mol. The summed E-state index contributed by atoms with van der Waals surface area (Å²) in [4.78, 5) is 26.9. The molecule has 0 radical (unpaired) electrons. The summed E-state index contributed by atoms with van der Waals surface area (Å²) in [6.07, 6.45) is 11.8. The Hall–Kier alpha value is -1.06. The molecule has 4 nitrogen and oxygen atoms in total. The van der Waals surface area contributed by atoms with E-state index in [1.54, 1.807) is 0 Å². The molecule has 0 aromatic heterocycles. The molecule has 4 heteroatoms. The first-order chi connectivity index (χ1) is 11.2. The molecule has 4 aliphatic rings. The van der Waals surface area contributed by atoms with Crippen LogP contribution >= 0.6 is 0 Å². The highest BCUT2D eigenvalue weighted by Crippen LogP contribution is 2.44. The SMILES string of the molecule is O=C(N[C@@H]1CCC[C@@H](C2CC2)C1)[C@H]1CCCN(C(=O)C2CC2)C1. The molecule has 23 heavy (non-hydrogen) atoms. The van der Waals surface area contributed by atoms with E-state index in [0.29, 0.717) is 18.5 Å². The summed E-state index contributed by atoms with van der Waals surface area (Å²) in [7, 11) is 0. The van der Waals surface area contributed by atoms with Gasteiger partial charge >= 0.3 is 0 Å². The van der Waals surface area contributed by atoms with Crippen molar-refractivity contribution in [2.75, 3.05) is 13.1 Å². The average molecular weight is 318 g/mol. The quantitative estimate of drug-likeness (QED) is 0.866. The van der Waals surface area contributed by atoms with Crippen LogP contribution in [0.3, 0.4) is 0 Å². The van der Waals surface area contributed by atoms with Crippen molar-refractivity contribution >= 4 is 11.8 Å². The number of amides is 2. The molecule has 1 N–H and O–H groups in total. The second-order valence-electron chi connectivity index (χ2n) is 8.37. The molecule has 3 aliphatic carbocycles. The summed E-state index contributed by atoms with van der Waals surface area (Å²) in [5.41, 5.74) is 0. The van der Waals surface area contributed by atoms with Gasteiger partial charge in [0, 0.05) is 25.0 Å². The van der Waals surface area contributed by atoms with Crippen molar-refractivity contribution in [1.29, 1.82) is 0 Å². The minimum Gasteiger partial charge on any atom is -0.353 e. The Morgan fingerprint density at radius 1 is 0.826 bits per heavy atom. The Balaban J connectivity index is 1.28. The number of nitrogens with zero attached hydrogens (tertiary/aromatic N) is 1. The Morgan fingerprint density at radius 2 is 1.65 bits per heavy atom. The number of rotatable bonds is 4. The lowest BCUT2D eigenvalue weighted by Gasteiger charge is -2.35. The molecule has 4 rings (SSSR count). The number of hydrogen-bond donors (Lipinski definition) is 1. The predicted octanol–water partition coefficient (Wildman–Crippen LogP) is 2.72. The van der Waals surface area contributed by atoms with Gasteiger partial charge < -0.3 is 10.2 Å². The van der Waals surface area contributed by atoms with Crippen molar-refractivity contribution in [2.24, 2.45) is 23.7 Å². The van der Waals surface area contributed by atoms with Gasteiger partial charge in [0.2, 0.25) is 11.8 Å². The summed E-state index contributed by atoms with van der Waals surface area (Å²) in [6.45, 7) is 1.51. The molecule has 3 atom stereocenters. The second kappa shape index (κ2) is 6.45. The van der Waals surface area contributed by atoms with E-state index < -0.39 is 0 Å². The first-order valence-electron chi connectivity index (χ1n) is 9.80. The van der Waals surface area contributed by atoms with E-state index in [1.807, 2.05) is 4.90 Å². The largest absolute Gasteiger partial charge is 0.353 e. The van der Waals surface area contributed by atoms with E-state index in [1.165, 1.54) is 32.1 Å². The van der Waals surface area contributed by atoms with Crippen LogP contribution in [0.25, 0.3) is 0 Å². The molecule has 0 bridgehead atoms. The fourth-order valence-electron chi connectivity index (χ4n) is 4.65. The first kappa shape index (κ1) is 15.5. The Morgan fingerprint density at radius 3 is 2.39 bits per heavy atom. The maximum atomic E-state index is 12.7. The van der Waals surface area contributed by atoms with Crippen LogP contribution in [0.1, 0.15) is 64.2 Å². The summed E-state index contributed by atoms with van der Waals surface area (Å²) < 4.78 is 0. The molecule has 2 amide bonds. The van der Waals surface area contributed by atoms with Crippen molar-refractivity contribution in [3.63, 3.8) is 0 Å². The van der Waals surface area contributed by atoms with Gasteiger partial charge in [0.25, 0.3) is 0 Å². The number of hydrogen-bond acceptors (Lipinski definition) is 2. The lowest BCUT2D eigenvalue weighted by Crippen LogP contribution is -2.48. The standard InChI is InChI=1S/C19H30N2O2/c22-18(20-17-5-1-3-15(11-17)13-6-7-13)16-4-2-10-21(12-16)19(23)14-8-9-14/h13-17H,1-12H2,(H,20,22)/t15-,16+,17-/m1/s1. The van der Waals surface area contributed by atoms with E-state index in [2.05, 4.69) is 5.32 Å². The maximum absolute atomic E-state index is 12.7. The lowest BCUT2D eigenvalue weighted by molar-refractivity contribution is -0.137. The van der Waals surface area contributed by atoms with Crippen LogP contribution in [-0.2, 0) is 9.59 Å². The van der Waals surface area contributed by atoms with Crippen molar-refractivity contribution in [1.82, 2.24) is 10.2 Å². The monoisotopic (exact) mass is 318 g/mol. The van der Waals surface area contributed by atoms with Crippen LogP contribution in [0.5, 0.6) is 0 Å². The molecule has 128 valence electrons. The third-order valence-electron chi connectivity index (χ3n) is 6.38. The van der Waals surface area contributed by atoms with Gasteiger partial charge in [0.1, 0.15) is 0 Å². The number of piperidine rings is 1. The fraction of sp³-hybridized carbons (Fsp3) is 0.895. The zero-order valence-corrected chi connectivity index (χ0v) is 14.1. The molecule has 4 fully saturated rings. The van der Waals surface area contributed by atoms with Gasteiger partial charge in [-0.2, -0.15) is 0 Å². The van der Waals surface area contributed by atoms with Crippen LogP contribution in [0.15, 0.2) is 0 Å². The topological polar surface area (TPSA) is 49.4 Å². The van der Waals surface area contributed by atoms with E-state index in [-0.39, 0.29) is 17.7 Å². The van der Waals surface area contributed by atoms with Crippen LogP contribution < -0.4 is 5.32 Å². The molecule has 0 unspecified atom stereocenters. The van der Waals surface area contributed by atoms with E-state index in [0.717, 1.165) is 50.5 Å². The Kier molecular flexibility index (Phi) is 4.33. The summed E-state index contributed by atoms with van der Waals surface area (Å²) >= 11 is 0. The molecule has 3 saturated carbocycles. The normalized spacial score (nSPS) is 35.0. The second-order valence-corrected chi connectivity index (χ2v) is 8.37. The van der Waals surface area contributed by atoms with Crippen molar-refractivity contribution in [3.05, 3.63) is 0 Å². The van der Waals surface area contributed by atoms with E-state index in [9.17, 15) is 9.59 Å². The number of carbonyl (C=O) groups excluding carboxylic acids is 2. The molecule has 1 saturated heterocycles. The van der Waals surface area contributed by atoms with Gasteiger partial charge in [-0.3, -0.25) is 9.59 Å². The molecule has 0 spiro atoms. The zero-order chi connectivity index (χ0) is 15.8. The zero-order valence-electron chi connectivity index (χ0n) is 14.1. The molecule has 0 aromatic carbocycles. The molecular formula is C19H30N2O2. The van der Waals surface area contributed by atoms with Crippen LogP contribution in [-0.4, -0.2) is 35.8 Å². The van der Waals surface area contributed by atoms with E-state index >= 15 is 0 Å². The molecule has 0 aromatic rings. The maximum Gasteiger partial charge on any atom is 0.225 e. The lowest BCUT2D eigenvalue weighted by atomic mass is 9.82. The van der Waals surface area contributed by atoms with Gasteiger partial charge in [-0.05, 0) is 63.2 Å². The van der Waals surface area contributed by atoms with Gasteiger partial charge in [-0.1, -0.05) is 12.8 Å². The smallest absolute Gasteiger partial charge is 0.225 e. The average Bonchev–Trinajstić information content (AvgIpc) is 3.47. The summed E-state index contributed by atoms with van der Waals surface area (Å²) in [5, 5.41) is 3.33. The van der Waals surface area contributed by atoms with E-state index in [4.69, 9.17) is 0 Å². The minimum absolute atomic E-state index is 0.0211. The molecular weight excluding hydrogens is 288 g/mol. The molecule has 1 aliphatic heterocycles. The van der Waals surface area contributed by atoms with Gasteiger partial charge in [-0.25, -0.2) is 0 Å². The molecule has 1 heterocycles. The van der Waals surface area contributed by atoms with Crippen LogP contribution in [0.4, 0.5) is 0 Å². The third-order valence-corrected chi connectivity index (χ3v) is 6.38. The highest BCUT2D eigenvalue weighted by Gasteiger charge is 2.38. The minimum atomic E-state index is 0.0211. The summed E-state index contributed by atoms with van der Waals surface area (Å²) in [6, 6.07) is 0.386. The van der Waals surface area contributed by atoms with Gasteiger partial charge in [0.05, 0.1) is 5.92 Å². The number of likely N-dealkylation sites (tertiary alicyclic amines) is 1. The van der Waals surface area contributed by atoms with Crippen LogP contribution in [0, 0.1) is 23.7 Å². The number of carbonyl (C=O) groups is 2. The summed E-state index contributed by atoms with van der Waals surface area (Å²) in [5.74, 6) is 2.61. The number of nitrogens with one attached hydrogen (secondary N) is 1. The van der Waals surface area contributed by atoms with Crippen molar-refractivity contribution in [2.45, 2.75) is 70.3 Å². The highest BCUT2D eigenvalue weighted by molar-refractivity contribution is 5.83. The van der Waals surface area contributed by atoms with Crippen molar-refractivity contribution in [3.8, 4) is 0 Å². The van der Waals surface area contributed by atoms with Gasteiger partial charge in [-0.15, -0.1) is 0 Å². The fourth-order valence-corrected chi connectivity index (χ4v) is 4.65. The Labute approximate surface area is 139 Å². The third kappa shape index (κ3) is 3.72. The van der Waals surface area contributed by atoms with Crippen LogP contribution in [0.2, 0.25) is 0 Å². The Bertz CT molecular complexity index is 470. The first-order valence-corrected chi connectivity index (χ1v) is 9.80.